The van der Waals surface area contributed by atoms with E-state index in [0.29, 0.717) is 17.4 Å². The number of hydrogen-bond acceptors (Lipinski definition) is 4. The fraction of sp³-hybridized carbons (Fsp3) is 0.0667. The van der Waals surface area contributed by atoms with Gasteiger partial charge in [-0.2, -0.15) is 0 Å². The van der Waals surface area contributed by atoms with Gasteiger partial charge in [0.15, 0.2) is 0 Å². The number of nitro benzene ring substituents is 1. The molecule has 0 unspecified atom stereocenters. The lowest BCUT2D eigenvalue weighted by Crippen LogP contribution is -2.22. The Morgan fingerprint density at radius 3 is 2.24 bits per heavy atom. The highest BCUT2D eigenvalue weighted by Crippen LogP contribution is 2.12. The summed E-state index contributed by atoms with van der Waals surface area (Å²) in [5, 5.41) is 13.2. The molecule has 106 valence electrons. The summed E-state index contributed by atoms with van der Waals surface area (Å²) in [7, 11) is 0. The van der Waals surface area contributed by atoms with Crippen molar-refractivity contribution in [2.45, 2.75) is 6.54 Å². The zero-order valence-corrected chi connectivity index (χ0v) is 11.0. The molecule has 0 aromatic heterocycles. The van der Waals surface area contributed by atoms with E-state index in [4.69, 9.17) is 0 Å². The zero-order valence-electron chi connectivity index (χ0n) is 11.0. The molecule has 0 aliphatic rings. The Morgan fingerprint density at radius 1 is 1.10 bits per heavy atom. The molecule has 0 aliphatic carbocycles. The Balaban J connectivity index is 1.96. The summed E-state index contributed by atoms with van der Waals surface area (Å²) in [4.78, 5) is 32.5. The van der Waals surface area contributed by atoms with Crippen LogP contribution < -0.4 is 5.32 Å². The second-order valence-electron chi connectivity index (χ2n) is 4.35. The Morgan fingerprint density at radius 2 is 1.71 bits per heavy atom. The summed E-state index contributed by atoms with van der Waals surface area (Å²) in [5.74, 6) is -0.272. The van der Waals surface area contributed by atoms with Gasteiger partial charge in [0.1, 0.15) is 6.29 Å². The number of nitrogens with one attached hydrogen (secondary N) is 1. The van der Waals surface area contributed by atoms with E-state index >= 15 is 0 Å². The molecular formula is C15H12N2O4. The van der Waals surface area contributed by atoms with Crippen molar-refractivity contribution in [3.05, 3.63) is 75.3 Å². The predicted molar refractivity (Wildman–Crippen MR) is 76.1 cm³/mol. The largest absolute Gasteiger partial charge is 0.348 e. The molecule has 2 aromatic rings. The Kier molecular flexibility index (Phi) is 4.40. The first-order valence-electron chi connectivity index (χ1n) is 6.17. The van der Waals surface area contributed by atoms with Crippen molar-refractivity contribution in [2.75, 3.05) is 0 Å². The highest BCUT2D eigenvalue weighted by Gasteiger charge is 2.07. The molecular weight excluding hydrogens is 272 g/mol. The molecule has 0 saturated heterocycles. The number of rotatable bonds is 5. The van der Waals surface area contributed by atoms with Gasteiger partial charge in [0.2, 0.25) is 0 Å². The van der Waals surface area contributed by atoms with Gasteiger partial charge in [0, 0.05) is 29.8 Å². The molecule has 1 N–H and O–H groups in total. The first-order chi connectivity index (χ1) is 10.1. The fourth-order valence-corrected chi connectivity index (χ4v) is 1.73. The van der Waals surface area contributed by atoms with Gasteiger partial charge in [-0.05, 0) is 17.7 Å². The Hall–Kier alpha value is -3.02. The van der Waals surface area contributed by atoms with Crippen molar-refractivity contribution in [1.82, 2.24) is 5.32 Å². The zero-order chi connectivity index (χ0) is 15.2. The van der Waals surface area contributed by atoms with Gasteiger partial charge in [0.25, 0.3) is 11.6 Å². The maximum atomic E-state index is 11.9. The second kappa shape index (κ2) is 6.42. The van der Waals surface area contributed by atoms with E-state index in [1.54, 1.807) is 36.4 Å². The summed E-state index contributed by atoms with van der Waals surface area (Å²) in [5.41, 5.74) is 1.72. The van der Waals surface area contributed by atoms with Crippen LogP contribution in [0.15, 0.2) is 48.5 Å². The normalized spacial score (nSPS) is 9.90. The van der Waals surface area contributed by atoms with Gasteiger partial charge in [-0.1, -0.05) is 24.3 Å². The summed E-state index contributed by atoms with van der Waals surface area (Å²) in [6, 6.07) is 12.2. The lowest BCUT2D eigenvalue weighted by molar-refractivity contribution is -0.384. The maximum Gasteiger partial charge on any atom is 0.269 e. The molecule has 0 bridgehead atoms. The summed E-state index contributed by atoms with van der Waals surface area (Å²) in [6.07, 6.45) is 0.707. The van der Waals surface area contributed by atoms with E-state index in [1.807, 2.05) is 0 Å². The van der Waals surface area contributed by atoms with Crippen molar-refractivity contribution in [3.8, 4) is 0 Å². The molecule has 0 fully saturated rings. The number of non-ortho nitro benzene ring substituents is 1. The number of carbonyl (C=O) groups excluding carboxylic acids is 2. The number of nitro groups is 1. The predicted octanol–water partition coefficient (Wildman–Crippen LogP) is 2.34. The summed E-state index contributed by atoms with van der Waals surface area (Å²) >= 11 is 0. The van der Waals surface area contributed by atoms with E-state index < -0.39 is 4.92 Å². The number of nitrogens with zero attached hydrogens (tertiary/aromatic N) is 1. The molecule has 0 aliphatic heterocycles. The average Bonchev–Trinajstić information content (AvgIpc) is 2.53. The van der Waals surface area contributed by atoms with Gasteiger partial charge in [-0.3, -0.25) is 19.7 Å². The van der Waals surface area contributed by atoms with Crippen molar-refractivity contribution in [1.29, 1.82) is 0 Å². The quantitative estimate of drug-likeness (QED) is 0.518. The number of amides is 1. The molecule has 0 heterocycles. The Bertz CT molecular complexity index is 663. The number of benzene rings is 2. The van der Waals surface area contributed by atoms with Crippen LogP contribution >= 0.6 is 0 Å². The molecule has 21 heavy (non-hydrogen) atoms. The molecule has 6 nitrogen and oxygen atoms in total. The van der Waals surface area contributed by atoms with E-state index in [9.17, 15) is 19.7 Å². The highest BCUT2D eigenvalue weighted by atomic mass is 16.6. The summed E-state index contributed by atoms with van der Waals surface area (Å²) < 4.78 is 0. The molecule has 2 rings (SSSR count). The van der Waals surface area contributed by atoms with E-state index in [0.717, 1.165) is 5.56 Å². The molecule has 6 heteroatoms. The van der Waals surface area contributed by atoms with E-state index in [2.05, 4.69) is 5.32 Å². The van der Waals surface area contributed by atoms with Crippen molar-refractivity contribution < 1.29 is 14.5 Å². The highest BCUT2D eigenvalue weighted by molar-refractivity contribution is 5.94. The smallest absolute Gasteiger partial charge is 0.269 e. The standard InChI is InChI=1S/C15H12N2O4/c18-10-12-1-5-13(6-2-12)15(19)16-9-11-3-7-14(8-4-11)17(20)21/h1-8,10H,9H2,(H,16,19). The van der Waals surface area contributed by atoms with Crippen LogP contribution in [0.25, 0.3) is 0 Å². The summed E-state index contributed by atoms with van der Waals surface area (Å²) in [6.45, 7) is 0.270. The van der Waals surface area contributed by atoms with Gasteiger partial charge >= 0.3 is 0 Å². The monoisotopic (exact) mass is 284 g/mol. The molecule has 0 saturated carbocycles. The van der Waals surface area contributed by atoms with Crippen LogP contribution in [0.5, 0.6) is 0 Å². The first-order valence-corrected chi connectivity index (χ1v) is 6.17. The van der Waals surface area contributed by atoms with Crippen molar-refractivity contribution in [2.24, 2.45) is 0 Å². The third kappa shape index (κ3) is 3.73. The number of carbonyl (C=O) groups is 2. The van der Waals surface area contributed by atoms with Crippen LogP contribution in [0.3, 0.4) is 0 Å². The van der Waals surface area contributed by atoms with E-state index in [1.165, 1.54) is 12.1 Å². The van der Waals surface area contributed by atoms with Gasteiger partial charge in [-0.15, -0.1) is 0 Å². The maximum absolute atomic E-state index is 11.9. The third-order valence-corrected chi connectivity index (χ3v) is 2.91. The molecule has 0 radical (unpaired) electrons. The average molecular weight is 284 g/mol. The van der Waals surface area contributed by atoms with Crippen LogP contribution in [0.4, 0.5) is 5.69 Å². The lowest BCUT2D eigenvalue weighted by atomic mass is 10.1. The SMILES string of the molecule is O=Cc1ccc(C(=O)NCc2ccc([N+](=O)[O-])cc2)cc1. The van der Waals surface area contributed by atoms with Gasteiger partial charge in [0.05, 0.1) is 4.92 Å². The van der Waals surface area contributed by atoms with Crippen LogP contribution in [-0.4, -0.2) is 17.1 Å². The lowest BCUT2D eigenvalue weighted by Gasteiger charge is -2.05. The minimum atomic E-state index is -0.475. The minimum absolute atomic E-state index is 0.00882. The number of aldehydes is 1. The van der Waals surface area contributed by atoms with E-state index in [-0.39, 0.29) is 18.1 Å². The van der Waals surface area contributed by atoms with Crippen molar-refractivity contribution >= 4 is 17.9 Å². The second-order valence-corrected chi connectivity index (χ2v) is 4.35. The minimum Gasteiger partial charge on any atom is -0.348 e. The first kappa shape index (κ1) is 14.4. The van der Waals surface area contributed by atoms with Crippen LogP contribution in [0.2, 0.25) is 0 Å². The number of hydrogen-bond donors (Lipinski definition) is 1. The third-order valence-electron chi connectivity index (χ3n) is 2.91. The van der Waals surface area contributed by atoms with Crippen molar-refractivity contribution in [3.63, 3.8) is 0 Å². The van der Waals surface area contributed by atoms with Crippen LogP contribution in [0.1, 0.15) is 26.3 Å². The topological polar surface area (TPSA) is 89.3 Å². The fourth-order valence-electron chi connectivity index (χ4n) is 1.73. The molecule has 2 aromatic carbocycles. The molecule has 0 atom stereocenters. The van der Waals surface area contributed by atoms with Crippen LogP contribution in [0, 0.1) is 10.1 Å². The molecule has 1 amide bonds. The van der Waals surface area contributed by atoms with Crippen LogP contribution in [-0.2, 0) is 6.54 Å². The molecule has 0 spiro atoms. The van der Waals surface area contributed by atoms with Gasteiger partial charge in [-0.25, -0.2) is 0 Å². The van der Waals surface area contributed by atoms with Gasteiger partial charge < -0.3 is 5.32 Å². The Labute approximate surface area is 120 Å².